The molecule has 0 aliphatic carbocycles. The lowest BCUT2D eigenvalue weighted by Crippen LogP contribution is -2.42. The fourth-order valence-electron chi connectivity index (χ4n) is 2.45. The lowest BCUT2D eigenvalue weighted by Gasteiger charge is -2.18. The minimum Gasteiger partial charge on any atom is -0.496 e. The summed E-state index contributed by atoms with van der Waals surface area (Å²) in [7, 11) is 4.69. The van der Waals surface area contributed by atoms with Crippen LogP contribution in [0.1, 0.15) is 5.56 Å². The highest BCUT2D eigenvalue weighted by Crippen LogP contribution is 2.36. The third-order valence-electron chi connectivity index (χ3n) is 3.53. The van der Waals surface area contributed by atoms with Crippen molar-refractivity contribution in [2.75, 3.05) is 21.3 Å². The highest BCUT2D eigenvalue weighted by molar-refractivity contribution is 6.06. The summed E-state index contributed by atoms with van der Waals surface area (Å²) in [5.74, 6) is 2.85. The Kier molecular flexibility index (Phi) is 3.61. The number of nitrogens with zero attached hydrogens (tertiary/aromatic N) is 2. The summed E-state index contributed by atoms with van der Waals surface area (Å²) in [5, 5.41) is 5.91. The lowest BCUT2D eigenvalue weighted by atomic mass is 10.1. The van der Waals surface area contributed by atoms with Crippen LogP contribution < -0.4 is 36.3 Å². The molecule has 1 unspecified atom stereocenters. The van der Waals surface area contributed by atoms with Crippen molar-refractivity contribution < 1.29 is 14.2 Å². The summed E-state index contributed by atoms with van der Waals surface area (Å²) in [6.45, 7) is 0. The molecule has 3 rings (SSSR count). The topological polar surface area (TPSA) is 129 Å². The maximum Gasteiger partial charge on any atom is 0.196 e. The molecule has 1 aromatic carbocycles. The van der Waals surface area contributed by atoms with Crippen molar-refractivity contribution in [2.24, 2.45) is 21.5 Å². The average molecular weight is 318 g/mol. The fourth-order valence-corrected chi connectivity index (χ4v) is 2.45. The molecule has 0 saturated carbocycles. The first kappa shape index (κ1) is 14.8. The van der Waals surface area contributed by atoms with Gasteiger partial charge in [0.1, 0.15) is 40.2 Å². The van der Waals surface area contributed by atoms with Crippen molar-refractivity contribution >= 4 is 11.8 Å². The molecule has 2 heterocycles. The number of hydrogen-bond donors (Lipinski definition) is 4. The van der Waals surface area contributed by atoms with Crippen molar-refractivity contribution in [1.82, 2.24) is 10.6 Å². The summed E-state index contributed by atoms with van der Waals surface area (Å²) in [4.78, 5) is 8.72. The molecule has 0 fully saturated rings. The molecule has 2 aliphatic heterocycles. The van der Waals surface area contributed by atoms with Crippen LogP contribution in [0.25, 0.3) is 0 Å². The second-order valence-electron chi connectivity index (χ2n) is 4.85. The van der Waals surface area contributed by atoms with Gasteiger partial charge in [-0.3, -0.25) is 0 Å². The van der Waals surface area contributed by atoms with Gasteiger partial charge in [0.25, 0.3) is 0 Å². The zero-order valence-electron chi connectivity index (χ0n) is 13.0. The van der Waals surface area contributed by atoms with Crippen molar-refractivity contribution in [3.05, 3.63) is 29.2 Å². The van der Waals surface area contributed by atoms with Gasteiger partial charge in [-0.15, -0.1) is 0 Å². The summed E-state index contributed by atoms with van der Waals surface area (Å²) < 4.78 is 16.1. The van der Waals surface area contributed by atoms with E-state index in [0.717, 1.165) is 0 Å². The van der Waals surface area contributed by atoms with Crippen LogP contribution in [0.2, 0.25) is 0 Å². The van der Waals surface area contributed by atoms with Gasteiger partial charge >= 0.3 is 0 Å². The summed E-state index contributed by atoms with van der Waals surface area (Å²) >= 11 is 0. The van der Waals surface area contributed by atoms with E-state index >= 15 is 0 Å². The molecule has 0 radical (unpaired) electrons. The third-order valence-corrected chi connectivity index (χ3v) is 3.53. The zero-order valence-corrected chi connectivity index (χ0v) is 13.0. The van der Waals surface area contributed by atoms with Crippen molar-refractivity contribution in [1.29, 1.82) is 0 Å². The van der Waals surface area contributed by atoms with Crippen LogP contribution in [0.15, 0.2) is 33.6 Å². The first-order valence-electron chi connectivity index (χ1n) is 6.82. The normalized spacial score (nSPS) is 19.2. The number of nitrogens with two attached hydrogens (primary N) is 2. The number of hydrogen-bond acceptors (Lipinski definition) is 9. The highest BCUT2D eigenvalue weighted by atomic mass is 16.5. The van der Waals surface area contributed by atoms with Gasteiger partial charge in [0, 0.05) is 12.1 Å². The van der Waals surface area contributed by atoms with E-state index in [1.165, 1.54) is 0 Å². The van der Waals surface area contributed by atoms with Gasteiger partial charge in [-0.2, -0.15) is 0 Å². The molecule has 2 aliphatic rings. The first-order chi connectivity index (χ1) is 11.1. The molecule has 0 amide bonds. The van der Waals surface area contributed by atoms with Gasteiger partial charge in [-0.25, -0.2) is 9.98 Å². The van der Waals surface area contributed by atoms with Crippen LogP contribution in [0.5, 0.6) is 17.2 Å². The van der Waals surface area contributed by atoms with Crippen molar-refractivity contribution in [3.63, 3.8) is 0 Å². The Morgan fingerprint density at radius 3 is 2.17 bits per heavy atom. The van der Waals surface area contributed by atoms with Crippen LogP contribution >= 0.6 is 0 Å². The molecule has 1 aromatic rings. The van der Waals surface area contributed by atoms with Gasteiger partial charge in [0.2, 0.25) is 0 Å². The summed E-state index contributed by atoms with van der Waals surface area (Å²) in [5.41, 5.74) is 12.9. The smallest absolute Gasteiger partial charge is 0.196 e. The second-order valence-corrected chi connectivity index (χ2v) is 4.85. The van der Waals surface area contributed by atoms with Crippen LogP contribution in [0.3, 0.4) is 0 Å². The molecule has 0 bridgehead atoms. The summed E-state index contributed by atoms with van der Waals surface area (Å²) in [6, 6.07) is 3.50. The minimum atomic E-state index is -0.511. The van der Waals surface area contributed by atoms with Crippen LogP contribution in [0, 0.1) is 0 Å². The molecular weight excluding hydrogens is 300 g/mol. The predicted molar refractivity (Wildman–Crippen MR) is 85.5 cm³/mol. The Bertz CT molecular complexity index is 715. The molecule has 23 heavy (non-hydrogen) atoms. The number of amidine groups is 1. The largest absolute Gasteiger partial charge is 0.496 e. The molecule has 6 N–H and O–H groups in total. The average Bonchev–Trinajstić information content (AvgIpc) is 2.97. The van der Waals surface area contributed by atoms with Gasteiger partial charge in [-0.05, 0) is 0 Å². The number of nitrogens with one attached hydrogen (secondary N) is 2. The van der Waals surface area contributed by atoms with E-state index in [-0.39, 0.29) is 5.96 Å². The van der Waals surface area contributed by atoms with Crippen LogP contribution in [0.4, 0.5) is 0 Å². The minimum absolute atomic E-state index is 0.219. The van der Waals surface area contributed by atoms with Gasteiger partial charge in [0.15, 0.2) is 12.1 Å². The lowest BCUT2D eigenvalue weighted by molar-refractivity contribution is 0.374. The first-order valence-corrected chi connectivity index (χ1v) is 6.82. The standard InChI is InChI=1S/C14H18N6O3/c1-21-6-4-7(22-2)9(8(5-6)23-3)12-17-10-11(15)18-14(16)20-13(10)19-12/h4-5,13H,15H2,1-3H3,(H,17,19)(H3,16,18,20). The number of guanidine groups is 1. The fraction of sp³-hybridized carbons (Fsp3) is 0.286. The molecule has 1 atom stereocenters. The van der Waals surface area contributed by atoms with Gasteiger partial charge < -0.3 is 36.3 Å². The number of methoxy groups -OCH3 is 3. The number of ether oxygens (including phenoxy) is 3. The van der Waals surface area contributed by atoms with E-state index in [2.05, 4.69) is 20.6 Å². The Hall–Kier alpha value is -3.10. The number of benzene rings is 1. The molecule has 0 saturated heterocycles. The third kappa shape index (κ3) is 2.45. The second kappa shape index (κ2) is 5.59. The summed E-state index contributed by atoms with van der Waals surface area (Å²) in [6.07, 6.45) is -0.511. The zero-order chi connectivity index (χ0) is 16.6. The van der Waals surface area contributed by atoms with E-state index < -0.39 is 6.17 Å². The molecule has 122 valence electrons. The predicted octanol–water partition coefficient (Wildman–Crippen LogP) is -0.566. The number of rotatable bonds is 4. The van der Waals surface area contributed by atoms with E-state index in [0.29, 0.717) is 40.2 Å². The van der Waals surface area contributed by atoms with Crippen LogP contribution in [-0.2, 0) is 0 Å². The Balaban J connectivity index is 2.09. The maximum atomic E-state index is 5.93. The molecule has 9 nitrogen and oxygen atoms in total. The maximum absolute atomic E-state index is 5.93. The number of aliphatic imine (C=N–C) groups is 2. The van der Waals surface area contributed by atoms with E-state index in [1.807, 2.05) is 0 Å². The molecular formula is C14H18N6O3. The molecule has 0 spiro atoms. The van der Waals surface area contributed by atoms with Crippen molar-refractivity contribution in [3.8, 4) is 17.2 Å². The number of fused-ring (bicyclic) bond motifs is 1. The monoisotopic (exact) mass is 318 g/mol. The Labute approximate surface area is 133 Å². The van der Waals surface area contributed by atoms with Crippen LogP contribution in [-0.4, -0.2) is 39.3 Å². The van der Waals surface area contributed by atoms with E-state index in [9.17, 15) is 0 Å². The quantitative estimate of drug-likeness (QED) is 0.585. The molecule has 9 heteroatoms. The van der Waals surface area contributed by atoms with E-state index in [1.54, 1.807) is 33.5 Å². The van der Waals surface area contributed by atoms with E-state index in [4.69, 9.17) is 25.7 Å². The van der Waals surface area contributed by atoms with Gasteiger partial charge in [0.05, 0.1) is 21.3 Å². The van der Waals surface area contributed by atoms with Crippen molar-refractivity contribution in [2.45, 2.75) is 6.17 Å². The van der Waals surface area contributed by atoms with Gasteiger partial charge in [-0.1, -0.05) is 0 Å². The SMILES string of the molecule is COc1cc(OC)c(C2=NC3N=C(N)NC(N)=C3N2)c(OC)c1. The highest BCUT2D eigenvalue weighted by Gasteiger charge is 2.32. The molecule has 0 aromatic heterocycles. The Morgan fingerprint density at radius 1 is 0.957 bits per heavy atom. The Morgan fingerprint density at radius 2 is 1.61 bits per heavy atom.